The normalized spacial score (nSPS) is 15.0. The number of rotatable bonds is 10. The maximum Gasteiger partial charge on any atom is 0.315 e. The number of amides is 3. The number of hydrogen-bond acceptors (Lipinski definition) is 4. The standard InChI is InChI=1S/C26H35FN4O3/c1-3-4-24(29-26(33)28-19-21-5-9-22(27)10-6-21)25(32)31-17-15-30(16-18-31)14-13-20-7-11-23(34-2)12-8-20/h5-12,24H,3-4,13-19H2,1-2H3,(H2,28,29,33). The highest BCUT2D eigenvalue weighted by Crippen LogP contribution is 2.13. The Balaban J connectivity index is 1.43. The smallest absolute Gasteiger partial charge is 0.315 e. The summed E-state index contributed by atoms with van der Waals surface area (Å²) in [6.07, 6.45) is 2.32. The van der Waals surface area contributed by atoms with Crippen LogP contribution < -0.4 is 15.4 Å². The van der Waals surface area contributed by atoms with E-state index in [0.717, 1.165) is 43.8 Å². The van der Waals surface area contributed by atoms with E-state index in [-0.39, 0.29) is 18.3 Å². The molecule has 184 valence electrons. The average molecular weight is 471 g/mol. The lowest BCUT2D eigenvalue weighted by atomic mass is 10.1. The summed E-state index contributed by atoms with van der Waals surface area (Å²) in [5.74, 6) is 0.506. The lowest BCUT2D eigenvalue weighted by Gasteiger charge is -2.36. The highest BCUT2D eigenvalue weighted by Gasteiger charge is 2.28. The first-order valence-electron chi connectivity index (χ1n) is 11.9. The van der Waals surface area contributed by atoms with E-state index in [1.165, 1.54) is 17.7 Å². The first-order chi connectivity index (χ1) is 16.5. The molecule has 0 radical (unpaired) electrons. The Morgan fingerprint density at radius 3 is 2.26 bits per heavy atom. The molecule has 0 bridgehead atoms. The fourth-order valence-corrected chi connectivity index (χ4v) is 4.03. The maximum absolute atomic E-state index is 13.1. The molecule has 0 aromatic heterocycles. The third-order valence-electron chi connectivity index (χ3n) is 6.11. The molecule has 1 unspecified atom stereocenters. The summed E-state index contributed by atoms with van der Waals surface area (Å²) in [7, 11) is 1.66. The van der Waals surface area contributed by atoms with Crippen LogP contribution in [0.15, 0.2) is 48.5 Å². The van der Waals surface area contributed by atoms with E-state index in [0.29, 0.717) is 19.5 Å². The minimum Gasteiger partial charge on any atom is -0.497 e. The summed E-state index contributed by atoms with van der Waals surface area (Å²) >= 11 is 0. The van der Waals surface area contributed by atoms with Crippen LogP contribution in [0.25, 0.3) is 0 Å². The molecule has 0 aliphatic carbocycles. The van der Waals surface area contributed by atoms with Crippen molar-refractivity contribution in [2.75, 3.05) is 39.8 Å². The first-order valence-corrected chi connectivity index (χ1v) is 11.9. The topological polar surface area (TPSA) is 73.9 Å². The molecule has 34 heavy (non-hydrogen) atoms. The van der Waals surface area contributed by atoms with Gasteiger partial charge in [0.15, 0.2) is 0 Å². The fourth-order valence-electron chi connectivity index (χ4n) is 4.03. The van der Waals surface area contributed by atoms with Gasteiger partial charge in [0.25, 0.3) is 0 Å². The Labute approximate surface area is 201 Å². The van der Waals surface area contributed by atoms with Crippen LogP contribution in [-0.2, 0) is 17.8 Å². The Bertz CT molecular complexity index is 913. The number of urea groups is 1. The highest BCUT2D eigenvalue weighted by molar-refractivity contribution is 5.87. The molecule has 1 fully saturated rings. The van der Waals surface area contributed by atoms with Gasteiger partial charge >= 0.3 is 6.03 Å². The molecule has 2 N–H and O–H groups in total. The molecule has 7 nitrogen and oxygen atoms in total. The van der Waals surface area contributed by atoms with Crippen LogP contribution in [-0.4, -0.2) is 67.6 Å². The van der Waals surface area contributed by atoms with Gasteiger partial charge in [-0.3, -0.25) is 9.69 Å². The summed E-state index contributed by atoms with van der Waals surface area (Å²) in [4.78, 5) is 29.7. The number of piperazine rings is 1. The zero-order valence-corrected chi connectivity index (χ0v) is 20.1. The van der Waals surface area contributed by atoms with Crippen LogP contribution >= 0.6 is 0 Å². The van der Waals surface area contributed by atoms with Gasteiger partial charge in [-0.05, 0) is 48.2 Å². The van der Waals surface area contributed by atoms with Crippen molar-refractivity contribution >= 4 is 11.9 Å². The molecule has 1 heterocycles. The van der Waals surface area contributed by atoms with Crippen molar-refractivity contribution < 1.29 is 18.7 Å². The molecular weight excluding hydrogens is 435 g/mol. The van der Waals surface area contributed by atoms with Gasteiger partial charge in [0, 0.05) is 39.3 Å². The largest absolute Gasteiger partial charge is 0.497 e. The molecule has 1 atom stereocenters. The number of hydrogen-bond donors (Lipinski definition) is 2. The number of halogens is 1. The third kappa shape index (κ3) is 7.73. The van der Waals surface area contributed by atoms with Crippen molar-refractivity contribution in [2.24, 2.45) is 0 Å². The van der Waals surface area contributed by atoms with Gasteiger partial charge in [0.05, 0.1) is 7.11 Å². The SMILES string of the molecule is CCCC(NC(=O)NCc1ccc(F)cc1)C(=O)N1CCN(CCc2ccc(OC)cc2)CC1. The van der Waals surface area contributed by atoms with Crippen molar-refractivity contribution in [3.63, 3.8) is 0 Å². The van der Waals surface area contributed by atoms with Gasteiger partial charge in [-0.2, -0.15) is 0 Å². The van der Waals surface area contributed by atoms with E-state index in [1.54, 1.807) is 19.2 Å². The van der Waals surface area contributed by atoms with Gasteiger partial charge in [-0.15, -0.1) is 0 Å². The predicted molar refractivity (Wildman–Crippen MR) is 130 cm³/mol. The average Bonchev–Trinajstić information content (AvgIpc) is 2.87. The molecule has 3 rings (SSSR count). The van der Waals surface area contributed by atoms with Crippen LogP contribution in [0.4, 0.5) is 9.18 Å². The predicted octanol–water partition coefficient (Wildman–Crippen LogP) is 3.19. The van der Waals surface area contributed by atoms with Crippen molar-refractivity contribution in [2.45, 2.75) is 38.8 Å². The number of nitrogens with zero attached hydrogens (tertiary/aromatic N) is 2. The van der Waals surface area contributed by atoms with Gasteiger partial charge in [0.2, 0.25) is 5.91 Å². The molecule has 0 saturated carbocycles. The molecule has 1 saturated heterocycles. The molecule has 0 spiro atoms. The number of carbonyl (C=O) groups excluding carboxylic acids is 2. The van der Waals surface area contributed by atoms with Crippen LogP contribution in [0.2, 0.25) is 0 Å². The number of ether oxygens (including phenoxy) is 1. The molecular formula is C26H35FN4O3. The molecule has 3 amide bonds. The second-order valence-corrected chi connectivity index (χ2v) is 8.56. The number of nitrogens with one attached hydrogen (secondary N) is 2. The minimum absolute atomic E-state index is 0.0337. The number of benzene rings is 2. The van der Waals surface area contributed by atoms with Gasteiger partial charge < -0.3 is 20.3 Å². The summed E-state index contributed by atoms with van der Waals surface area (Å²) < 4.78 is 18.2. The third-order valence-corrected chi connectivity index (χ3v) is 6.11. The fraction of sp³-hybridized carbons (Fsp3) is 0.462. The van der Waals surface area contributed by atoms with Crippen LogP contribution in [0.3, 0.4) is 0 Å². The van der Waals surface area contributed by atoms with Crippen molar-refractivity contribution in [1.82, 2.24) is 20.4 Å². The lowest BCUT2D eigenvalue weighted by Crippen LogP contribution is -2.56. The van der Waals surface area contributed by atoms with E-state index in [9.17, 15) is 14.0 Å². The Morgan fingerprint density at radius 1 is 1.00 bits per heavy atom. The first kappa shape index (κ1) is 25.5. The quantitative estimate of drug-likeness (QED) is 0.559. The van der Waals surface area contributed by atoms with E-state index < -0.39 is 12.1 Å². The molecule has 8 heteroatoms. The van der Waals surface area contributed by atoms with Gasteiger partial charge in [0.1, 0.15) is 17.6 Å². The summed E-state index contributed by atoms with van der Waals surface area (Å²) in [5.41, 5.74) is 2.05. The van der Waals surface area contributed by atoms with E-state index in [1.807, 2.05) is 24.0 Å². The van der Waals surface area contributed by atoms with Crippen LogP contribution in [0.1, 0.15) is 30.9 Å². The highest BCUT2D eigenvalue weighted by atomic mass is 19.1. The summed E-state index contributed by atoms with van der Waals surface area (Å²) in [6.45, 7) is 6.15. The van der Waals surface area contributed by atoms with Gasteiger partial charge in [-0.25, -0.2) is 9.18 Å². The monoisotopic (exact) mass is 470 g/mol. The Kier molecular flexibility index (Phi) is 9.70. The molecule has 2 aromatic carbocycles. The van der Waals surface area contributed by atoms with E-state index in [4.69, 9.17) is 4.74 Å². The second kappa shape index (κ2) is 12.9. The Morgan fingerprint density at radius 2 is 1.65 bits per heavy atom. The maximum atomic E-state index is 13.1. The van der Waals surface area contributed by atoms with Crippen molar-refractivity contribution in [3.05, 3.63) is 65.5 Å². The lowest BCUT2D eigenvalue weighted by molar-refractivity contribution is -0.135. The summed E-state index contributed by atoms with van der Waals surface area (Å²) in [6, 6.07) is 13.1. The number of carbonyl (C=O) groups is 2. The van der Waals surface area contributed by atoms with E-state index >= 15 is 0 Å². The zero-order valence-electron chi connectivity index (χ0n) is 20.1. The molecule has 1 aliphatic heterocycles. The molecule has 1 aliphatic rings. The van der Waals surface area contributed by atoms with E-state index in [2.05, 4.69) is 27.7 Å². The summed E-state index contributed by atoms with van der Waals surface area (Å²) in [5, 5.41) is 5.58. The zero-order chi connectivity index (χ0) is 24.3. The number of methoxy groups -OCH3 is 1. The second-order valence-electron chi connectivity index (χ2n) is 8.56. The van der Waals surface area contributed by atoms with Crippen LogP contribution in [0, 0.1) is 5.82 Å². The van der Waals surface area contributed by atoms with Crippen molar-refractivity contribution in [3.8, 4) is 5.75 Å². The minimum atomic E-state index is -0.552. The molecule has 2 aromatic rings. The van der Waals surface area contributed by atoms with Crippen LogP contribution in [0.5, 0.6) is 5.75 Å². The van der Waals surface area contributed by atoms with Crippen molar-refractivity contribution in [1.29, 1.82) is 0 Å². The Hall–Kier alpha value is -3.13. The van der Waals surface area contributed by atoms with Gasteiger partial charge in [-0.1, -0.05) is 37.6 Å².